The molecular formula is C54H98F10O12. The van der Waals surface area contributed by atoms with Gasteiger partial charge in [0.2, 0.25) is 11.8 Å². The first-order valence-electron chi connectivity index (χ1n) is 25.8. The minimum atomic E-state index is -4.27. The first-order valence-corrected chi connectivity index (χ1v) is 25.8. The molecule has 0 bridgehead atoms. The summed E-state index contributed by atoms with van der Waals surface area (Å²) in [4.78, 5) is 67.2. The number of esters is 6. The highest BCUT2D eigenvalue weighted by molar-refractivity contribution is 5.77. The molecular weight excluding hydrogens is 1030 g/mol. The lowest BCUT2D eigenvalue weighted by Gasteiger charge is -2.20. The zero-order valence-corrected chi connectivity index (χ0v) is 50.0. The summed E-state index contributed by atoms with van der Waals surface area (Å²) in [6.07, 6.45) is -7.54. The molecule has 0 aliphatic heterocycles. The molecule has 0 radical (unpaired) electrons. The first-order chi connectivity index (χ1) is 33.8. The van der Waals surface area contributed by atoms with Crippen LogP contribution in [0.3, 0.4) is 0 Å². The molecule has 0 aromatic heterocycles. The third kappa shape index (κ3) is 47.3. The number of hydrogen-bond donors (Lipinski definition) is 0. The lowest BCUT2D eigenvalue weighted by atomic mass is 9.91. The normalized spacial score (nSPS) is 12.3. The van der Waals surface area contributed by atoms with Gasteiger partial charge in [0.1, 0.15) is 0 Å². The largest absolute Gasteiger partial charge is 0.466 e. The maximum absolute atomic E-state index is 12.4. The van der Waals surface area contributed by atoms with Crippen LogP contribution in [0.5, 0.6) is 0 Å². The second-order valence-corrected chi connectivity index (χ2v) is 21.8. The maximum atomic E-state index is 12.4. The van der Waals surface area contributed by atoms with Gasteiger partial charge in [0, 0.05) is 12.8 Å². The van der Waals surface area contributed by atoms with E-state index in [1.165, 1.54) is 0 Å². The molecule has 0 aliphatic carbocycles. The summed E-state index contributed by atoms with van der Waals surface area (Å²) in [6, 6.07) is 0. The number of ether oxygens (including phenoxy) is 6. The highest BCUT2D eigenvalue weighted by atomic mass is 19.4. The third-order valence-corrected chi connectivity index (χ3v) is 12.0. The van der Waals surface area contributed by atoms with Gasteiger partial charge in [-0.3, -0.25) is 28.8 Å². The quantitative estimate of drug-likeness (QED) is 0.0512. The number of carbonyl (C=O) groups is 6. The van der Waals surface area contributed by atoms with Crippen molar-refractivity contribution in [2.75, 3.05) is 39.6 Å². The van der Waals surface area contributed by atoms with Gasteiger partial charge in [-0.2, -0.15) is 26.3 Å². The fourth-order valence-corrected chi connectivity index (χ4v) is 3.47. The van der Waals surface area contributed by atoms with Crippen LogP contribution in [0.1, 0.15) is 217 Å². The Labute approximate surface area is 448 Å². The van der Waals surface area contributed by atoms with E-state index < -0.39 is 109 Å². The Kier molecular flexibility index (Phi) is 41.6. The van der Waals surface area contributed by atoms with Crippen LogP contribution in [0.2, 0.25) is 0 Å². The summed E-state index contributed by atoms with van der Waals surface area (Å²) in [5.74, 6) is -7.72. The first kappa shape index (κ1) is 83.4. The summed E-state index contributed by atoms with van der Waals surface area (Å²) < 4.78 is 148. The Morgan fingerprint density at radius 2 is 0.408 bits per heavy atom. The molecule has 0 N–H and O–H groups in total. The van der Waals surface area contributed by atoms with E-state index in [-0.39, 0.29) is 36.0 Å². The molecule has 0 atom stereocenters. The Morgan fingerprint density at radius 3 is 0.526 bits per heavy atom. The summed E-state index contributed by atoms with van der Waals surface area (Å²) in [5, 5.41) is 0. The second-order valence-electron chi connectivity index (χ2n) is 21.8. The van der Waals surface area contributed by atoms with Gasteiger partial charge in [-0.05, 0) is 149 Å². The van der Waals surface area contributed by atoms with E-state index in [2.05, 4.69) is 9.47 Å². The molecule has 0 aromatic rings. The molecule has 0 spiro atoms. The van der Waals surface area contributed by atoms with Crippen molar-refractivity contribution < 1.29 is 101 Å². The van der Waals surface area contributed by atoms with Gasteiger partial charge in [-0.25, -0.2) is 17.6 Å². The van der Waals surface area contributed by atoms with Crippen LogP contribution in [-0.2, 0) is 57.2 Å². The van der Waals surface area contributed by atoms with E-state index in [0.717, 1.165) is 26.7 Å². The molecule has 0 aromatic carbocycles. The van der Waals surface area contributed by atoms with Crippen LogP contribution in [0.15, 0.2) is 0 Å². The molecule has 0 aliphatic rings. The smallest absolute Gasteiger partial charge is 0.392 e. The van der Waals surface area contributed by atoms with Crippen LogP contribution in [0.25, 0.3) is 0 Å². The van der Waals surface area contributed by atoms with E-state index in [0.29, 0.717) is 38.9 Å². The third-order valence-electron chi connectivity index (χ3n) is 12.0. The van der Waals surface area contributed by atoms with Crippen molar-refractivity contribution in [2.45, 2.75) is 241 Å². The fourth-order valence-electron chi connectivity index (χ4n) is 3.47. The van der Waals surface area contributed by atoms with Crippen LogP contribution in [0, 0.1) is 32.5 Å². The van der Waals surface area contributed by atoms with E-state index in [4.69, 9.17) is 18.9 Å². The van der Waals surface area contributed by atoms with Crippen molar-refractivity contribution in [3.8, 4) is 0 Å². The molecule has 12 nitrogen and oxygen atoms in total. The van der Waals surface area contributed by atoms with E-state index in [1.54, 1.807) is 69.2 Å². The molecule has 22 heteroatoms. The summed E-state index contributed by atoms with van der Waals surface area (Å²) in [6.45, 7) is 36.9. The second kappa shape index (κ2) is 37.8. The van der Waals surface area contributed by atoms with Gasteiger partial charge in [-0.1, -0.05) is 41.5 Å². The monoisotopic (exact) mass is 1130 g/mol. The average Bonchev–Trinajstić information content (AvgIpc) is 3.28. The van der Waals surface area contributed by atoms with Gasteiger partial charge in [-0.15, -0.1) is 0 Å². The summed E-state index contributed by atoms with van der Waals surface area (Å²) in [5.41, 5.74) is -3.19. The SMILES string of the molecule is CCC(C)(C)C(=O)OCCC(C)(F)F.CCC(C)(C)C(=O)OCCC(C)(F)F.CCC(C)(C)C(=O)OCCC(F)(F)F.CCC(C)(C)C(=O)OCCC(F)(F)F.CCOC(=O)C(C)(C)CC.CCOC(=O)C(C)(C)CC. The lowest BCUT2D eigenvalue weighted by molar-refractivity contribution is -0.167. The molecule has 76 heavy (non-hydrogen) atoms. The zero-order chi connectivity index (χ0) is 62.0. The average molecular weight is 1130 g/mol. The number of alkyl halides is 10. The molecule has 0 amide bonds. The van der Waals surface area contributed by atoms with Crippen LogP contribution in [-0.4, -0.2) is 99.7 Å². The summed E-state index contributed by atoms with van der Waals surface area (Å²) in [7, 11) is 0. The van der Waals surface area contributed by atoms with Crippen molar-refractivity contribution in [1.82, 2.24) is 0 Å². The summed E-state index contributed by atoms with van der Waals surface area (Å²) >= 11 is 0. The zero-order valence-electron chi connectivity index (χ0n) is 50.0. The molecule has 456 valence electrons. The maximum Gasteiger partial charge on any atom is 0.392 e. The van der Waals surface area contributed by atoms with E-state index >= 15 is 0 Å². The standard InChI is InChI=1S/2C10H18F2O2.2C9H15F3O2.2C8H16O2/c2*1-5-9(2,3)8(13)14-7-6-10(4,11)12;2*1-4-8(2,3)7(13)14-6-5-9(10,11)12;2*1-5-8(3,4)7(9)10-6-2/h2*5-7H2,1-4H3;2*4-6H2,1-3H3;2*5-6H2,1-4H3. The minimum absolute atomic E-state index is 0.0995. The molecule has 0 saturated carbocycles. The van der Waals surface area contributed by atoms with Gasteiger partial charge < -0.3 is 28.4 Å². The predicted octanol–water partition coefficient (Wildman–Crippen LogP) is 15.8. The predicted molar refractivity (Wildman–Crippen MR) is 273 cm³/mol. The van der Waals surface area contributed by atoms with Gasteiger partial charge in [0.05, 0.1) is 85.0 Å². The molecule has 0 unspecified atom stereocenters. The number of halogens is 10. The highest BCUT2D eigenvalue weighted by Crippen LogP contribution is 2.28. The van der Waals surface area contributed by atoms with E-state index in [9.17, 15) is 72.7 Å². The van der Waals surface area contributed by atoms with Gasteiger partial charge in [0.25, 0.3) is 0 Å². The molecule has 0 heterocycles. The Hall–Kier alpha value is -3.88. The minimum Gasteiger partial charge on any atom is -0.466 e. The number of carbonyl (C=O) groups excluding carboxylic acids is 6. The van der Waals surface area contributed by atoms with Gasteiger partial charge in [0.15, 0.2) is 0 Å². The van der Waals surface area contributed by atoms with Crippen molar-refractivity contribution in [1.29, 1.82) is 0 Å². The Balaban J connectivity index is -0.000000195. The van der Waals surface area contributed by atoms with E-state index in [1.807, 2.05) is 69.2 Å². The van der Waals surface area contributed by atoms with Crippen molar-refractivity contribution >= 4 is 35.8 Å². The van der Waals surface area contributed by atoms with Crippen molar-refractivity contribution in [2.24, 2.45) is 32.5 Å². The lowest BCUT2D eigenvalue weighted by Crippen LogP contribution is -2.27. The van der Waals surface area contributed by atoms with Crippen LogP contribution in [0.4, 0.5) is 43.9 Å². The Morgan fingerprint density at radius 1 is 0.263 bits per heavy atom. The molecule has 0 saturated heterocycles. The topological polar surface area (TPSA) is 158 Å². The van der Waals surface area contributed by atoms with Gasteiger partial charge >= 0.3 is 48.2 Å². The Bertz CT molecular complexity index is 1420. The molecule has 0 rings (SSSR count). The van der Waals surface area contributed by atoms with Crippen LogP contribution >= 0.6 is 0 Å². The van der Waals surface area contributed by atoms with Crippen molar-refractivity contribution in [3.63, 3.8) is 0 Å². The highest BCUT2D eigenvalue weighted by Gasteiger charge is 2.34. The number of rotatable bonds is 24. The fraction of sp³-hybridized carbons (Fsp3) is 0.889. The number of hydrogen-bond acceptors (Lipinski definition) is 12. The van der Waals surface area contributed by atoms with Crippen molar-refractivity contribution in [3.05, 3.63) is 0 Å². The van der Waals surface area contributed by atoms with Crippen LogP contribution < -0.4 is 0 Å². The molecule has 0 fully saturated rings.